The average Bonchev–Trinajstić information content (AvgIpc) is 2.47. The van der Waals surface area contributed by atoms with Crippen LogP contribution in [0.25, 0.3) is 0 Å². The summed E-state index contributed by atoms with van der Waals surface area (Å²) in [6.45, 7) is 0.468. The Kier molecular flexibility index (Phi) is 4.56. The Morgan fingerprint density at radius 1 is 1.45 bits per heavy atom. The summed E-state index contributed by atoms with van der Waals surface area (Å²) >= 11 is 5.54. The Hall–Kier alpha value is -1.25. The summed E-state index contributed by atoms with van der Waals surface area (Å²) < 4.78 is 30.7. The van der Waals surface area contributed by atoms with Gasteiger partial charge in [0, 0.05) is 13.1 Å². The highest BCUT2D eigenvalue weighted by molar-refractivity contribution is 7.89. The molecule has 0 saturated carbocycles. The number of carbonyl (C=O) groups is 1. The average molecular weight is 320 g/mol. The lowest BCUT2D eigenvalue weighted by Gasteiger charge is -2.30. The molecule has 0 radical (unpaired) electrons. The Morgan fingerprint density at radius 2 is 2.10 bits per heavy atom. The number of ether oxygens (including phenoxy) is 1. The number of methoxy groups -OCH3 is 1. The van der Waals surface area contributed by atoms with Gasteiger partial charge in [-0.2, -0.15) is 4.31 Å². The second-order valence-electron chi connectivity index (χ2n) is 4.41. The molecule has 0 spiro atoms. The maximum Gasteiger partial charge on any atom is 0.309 e. The topological polar surface area (TPSA) is 89.5 Å². The van der Waals surface area contributed by atoms with E-state index in [-0.39, 0.29) is 16.7 Å². The molecule has 1 aliphatic heterocycles. The number of nitrogens with zero attached hydrogens (tertiary/aromatic N) is 3. The summed E-state index contributed by atoms with van der Waals surface area (Å²) in [7, 11) is -2.42. The minimum absolute atomic E-state index is 0.0185. The molecule has 1 aromatic rings. The van der Waals surface area contributed by atoms with E-state index >= 15 is 0 Å². The highest BCUT2D eigenvalue weighted by atomic mass is 35.5. The smallest absolute Gasteiger partial charge is 0.309 e. The molecule has 0 amide bonds. The third-order valence-corrected chi connectivity index (χ3v) is 5.17. The molecule has 1 aromatic heterocycles. The molecule has 9 heteroatoms. The van der Waals surface area contributed by atoms with Crippen molar-refractivity contribution in [1.29, 1.82) is 0 Å². The molecule has 1 saturated heterocycles. The fourth-order valence-corrected chi connectivity index (χ4v) is 3.62. The van der Waals surface area contributed by atoms with Crippen LogP contribution in [0.2, 0.25) is 5.28 Å². The predicted octanol–water partition coefficient (Wildman–Crippen LogP) is 0.704. The van der Waals surface area contributed by atoms with Gasteiger partial charge in [0.2, 0.25) is 15.3 Å². The zero-order valence-corrected chi connectivity index (χ0v) is 12.4. The van der Waals surface area contributed by atoms with E-state index in [2.05, 4.69) is 14.7 Å². The van der Waals surface area contributed by atoms with Gasteiger partial charge in [-0.15, -0.1) is 0 Å². The van der Waals surface area contributed by atoms with Crippen LogP contribution in [-0.4, -0.2) is 48.9 Å². The highest BCUT2D eigenvalue weighted by Gasteiger charge is 2.34. The zero-order valence-electron chi connectivity index (χ0n) is 10.8. The minimum atomic E-state index is -3.71. The third kappa shape index (κ3) is 3.08. The van der Waals surface area contributed by atoms with E-state index in [0.29, 0.717) is 19.4 Å². The molecular formula is C11H14ClN3O4S. The molecule has 1 fully saturated rings. The van der Waals surface area contributed by atoms with Gasteiger partial charge in [-0.25, -0.2) is 18.4 Å². The van der Waals surface area contributed by atoms with Crippen LogP contribution in [0, 0.1) is 5.92 Å². The first kappa shape index (κ1) is 15.1. The molecule has 0 aliphatic carbocycles. The molecule has 1 unspecified atom stereocenters. The predicted molar refractivity (Wildman–Crippen MR) is 70.5 cm³/mol. The number of rotatable bonds is 3. The molecule has 2 rings (SSSR count). The quantitative estimate of drug-likeness (QED) is 0.602. The van der Waals surface area contributed by atoms with Crippen LogP contribution in [-0.2, 0) is 19.6 Å². The first-order chi connectivity index (χ1) is 9.45. The maximum atomic E-state index is 12.4. The second-order valence-corrected chi connectivity index (χ2v) is 6.69. The van der Waals surface area contributed by atoms with E-state index in [1.807, 2.05) is 0 Å². The van der Waals surface area contributed by atoms with E-state index in [4.69, 9.17) is 11.6 Å². The van der Waals surface area contributed by atoms with Crippen molar-refractivity contribution in [1.82, 2.24) is 14.3 Å². The van der Waals surface area contributed by atoms with Crippen molar-refractivity contribution in [2.45, 2.75) is 17.7 Å². The molecule has 0 bridgehead atoms. The molecule has 0 aromatic carbocycles. The fraction of sp³-hybridized carbons (Fsp3) is 0.545. The SMILES string of the molecule is COC(=O)C1CCCN(S(=O)(=O)c2cnc(Cl)nc2)C1. The number of carbonyl (C=O) groups excluding carboxylic acids is 1. The standard InChI is InChI=1S/C11H14ClN3O4S/c1-19-10(16)8-3-2-4-15(7-8)20(17,18)9-5-13-11(12)14-6-9/h5-6,8H,2-4,7H2,1H3. The van der Waals surface area contributed by atoms with Crippen molar-refractivity contribution in [3.05, 3.63) is 17.7 Å². The van der Waals surface area contributed by atoms with Gasteiger partial charge in [-0.05, 0) is 24.4 Å². The van der Waals surface area contributed by atoms with Crippen LogP contribution < -0.4 is 0 Å². The monoisotopic (exact) mass is 319 g/mol. The second kappa shape index (κ2) is 6.02. The van der Waals surface area contributed by atoms with Crippen LogP contribution in [0.5, 0.6) is 0 Å². The Labute approximate surface area is 122 Å². The molecule has 1 aliphatic rings. The van der Waals surface area contributed by atoms with Gasteiger partial charge in [-0.3, -0.25) is 4.79 Å². The van der Waals surface area contributed by atoms with Crippen molar-refractivity contribution in [3.8, 4) is 0 Å². The molecule has 20 heavy (non-hydrogen) atoms. The van der Waals surface area contributed by atoms with E-state index in [0.717, 1.165) is 12.4 Å². The highest BCUT2D eigenvalue weighted by Crippen LogP contribution is 2.24. The number of halogens is 1. The number of piperidine rings is 1. The molecule has 110 valence electrons. The summed E-state index contributed by atoms with van der Waals surface area (Å²) in [6.07, 6.45) is 3.54. The van der Waals surface area contributed by atoms with Crippen LogP contribution in [0.1, 0.15) is 12.8 Å². The van der Waals surface area contributed by atoms with Crippen LogP contribution in [0.3, 0.4) is 0 Å². The van der Waals surface area contributed by atoms with Crippen LogP contribution >= 0.6 is 11.6 Å². The van der Waals surface area contributed by atoms with Crippen molar-refractivity contribution >= 4 is 27.6 Å². The zero-order chi connectivity index (χ0) is 14.8. The van der Waals surface area contributed by atoms with Crippen LogP contribution in [0.4, 0.5) is 0 Å². The maximum absolute atomic E-state index is 12.4. The molecule has 0 N–H and O–H groups in total. The summed E-state index contributed by atoms with van der Waals surface area (Å²) in [5.41, 5.74) is 0. The van der Waals surface area contributed by atoms with E-state index in [1.165, 1.54) is 11.4 Å². The van der Waals surface area contributed by atoms with Gasteiger partial charge in [0.1, 0.15) is 4.90 Å². The van der Waals surface area contributed by atoms with E-state index < -0.39 is 21.9 Å². The summed E-state index contributed by atoms with van der Waals surface area (Å²) in [6, 6.07) is 0. The summed E-state index contributed by atoms with van der Waals surface area (Å²) in [4.78, 5) is 18.8. The number of hydrogen-bond donors (Lipinski definition) is 0. The number of sulfonamides is 1. The lowest BCUT2D eigenvalue weighted by atomic mass is 10.0. The lowest BCUT2D eigenvalue weighted by Crippen LogP contribution is -2.42. The number of aromatic nitrogens is 2. The van der Waals surface area contributed by atoms with Crippen LogP contribution in [0.15, 0.2) is 17.3 Å². The minimum Gasteiger partial charge on any atom is -0.469 e. The van der Waals surface area contributed by atoms with E-state index in [1.54, 1.807) is 0 Å². The Balaban J connectivity index is 2.21. The van der Waals surface area contributed by atoms with Crippen molar-refractivity contribution in [2.75, 3.05) is 20.2 Å². The van der Waals surface area contributed by atoms with Gasteiger partial charge in [-0.1, -0.05) is 0 Å². The molecule has 7 nitrogen and oxygen atoms in total. The summed E-state index contributed by atoms with van der Waals surface area (Å²) in [5.74, 6) is -0.825. The van der Waals surface area contributed by atoms with Crippen molar-refractivity contribution in [2.24, 2.45) is 5.92 Å². The fourth-order valence-electron chi connectivity index (χ4n) is 2.10. The first-order valence-corrected chi connectivity index (χ1v) is 7.82. The van der Waals surface area contributed by atoms with Crippen molar-refractivity contribution in [3.63, 3.8) is 0 Å². The lowest BCUT2D eigenvalue weighted by molar-refractivity contribution is -0.146. The van der Waals surface area contributed by atoms with Gasteiger partial charge in [0.05, 0.1) is 25.4 Å². The molecule has 2 heterocycles. The van der Waals surface area contributed by atoms with Gasteiger partial charge < -0.3 is 4.74 Å². The molecular weight excluding hydrogens is 306 g/mol. The largest absolute Gasteiger partial charge is 0.469 e. The van der Waals surface area contributed by atoms with Gasteiger partial charge >= 0.3 is 5.97 Å². The van der Waals surface area contributed by atoms with Gasteiger partial charge in [0.25, 0.3) is 0 Å². The van der Waals surface area contributed by atoms with E-state index in [9.17, 15) is 13.2 Å². The normalized spacial score (nSPS) is 20.6. The summed E-state index contributed by atoms with van der Waals surface area (Å²) in [5, 5.41) is -0.0185. The first-order valence-electron chi connectivity index (χ1n) is 6.00. The van der Waals surface area contributed by atoms with Crippen molar-refractivity contribution < 1.29 is 17.9 Å². The molecule has 1 atom stereocenters. The van der Waals surface area contributed by atoms with Gasteiger partial charge in [0.15, 0.2) is 0 Å². The third-order valence-electron chi connectivity index (χ3n) is 3.15. The number of hydrogen-bond acceptors (Lipinski definition) is 6. The Bertz CT molecular complexity index is 590. The number of esters is 1. The Morgan fingerprint density at radius 3 is 2.70 bits per heavy atom.